The van der Waals surface area contributed by atoms with E-state index in [0.29, 0.717) is 29.3 Å². The maximum atomic E-state index is 13.3. The zero-order valence-corrected chi connectivity index (χ0v) is 22.0. The van der Waals surface area contributed by atoms with Crippen LogP contribution < -0.4 is 10.6 Å². The fraction of sp³-hybridized carbons (Fsp3) is 0.593. The fourth-order valence-corrected chi connectivity index (χ4v) is 5.85. The molecule has 210 valence electrons. The Labute approximate surface area is 224 Å². The molecule has 9 nitrogen and oxygen atoms in total. The quantitative estimate of drug-likeness (QED) is 0.432. The summed E-state index contributed by atoms with van der Waals surface area (Å²) in [5.41, 5.74) is 2.26. The number of carbonyl (C=O) groups is 2. The van der Waals surface area contributed by atoms with Crippen LogP contribution in [-0.2, 0) is 17.8 Å². The molecular formula is C27H34F3N7O2. The second kappa shape index (κ2) is 11.4. The molecule has 1 aliphatic heterocycles. The van der Waals surface area contributed by atoms with Gasteiger partial charge in [0.1, 0.15) is 5.69 Å². The van der Waals surface area contributed by atoms with Crippen LogP contribution in [0.2, 0.25) is 0 Å². The van der Waals surface area contributed by atoms with Gasteiger partial charge in [-0.2, -0.15) is 23.4 Å². The van der Waals surface area contributed by atoms with Crippen LogP contribution in [0.3, 0.4) is 0 Å². The van der Waals surface area contributed by atoms with Gasteiger partial charge in [0, 0.05) is 31.6 Å². The molecule has 39 heavy (non-hydrogen) atoms. The largest absolute Gasteiger partial charge is 0.393 e. The highest BCUT2D eigenvalue weighted by atomic mass is 19.4. The third kappa shape index (κ3) is 6.09. The van der Waals surface area contributed by atoms with Crippen LogP contribution in [0.15, 0.2) is 30.6 Å². The number of nitrogens with one attached hydrogen (secondary N) is 2. The van der Waals surface area contributed by atoms with Gasteiger partial charge in [-0.25, -0.2) is 9.50 Å². The van der Waals surface area contributed by atoms with Crippen molar-refractivity contribution in [2.75, 3.05) is 6.54 Å². The Hall–Kier alpha value is -3.44. The number of rotatable bonds is 7. The van der Waals surface area contributed by atoms with Gasteiger partial charge in [-0.15, -0.1) is 0 Å². The summed E-state index contributed by atoms with van der Waals surface area (Å²) in [4.78, 5) is 30.4. The molecule has 2 aliphatic rings. The minimum atomic E-state index is -4.35. The molecule has 0 bridgehead atoms. The molecule has 12 heteroatoms. The third-order valence-electron chi connectivity index (χ3n) is 8.00. The first-order valence-electron chi connectivity index (χ1n) is 13.7. The second-order valence-electron chi connectivity index (χ2n) is 10.6. The predicted molar refractivity (Wildman–Crippen MR) is 137 cm³/mol. The van der Waals surface area contributed by atoms with E-state index in [2.05, 4.69) is 20.8 Å². The topological polar surface area (TPSA) is 106 Å². The number of hydrogen-bond acceptors (Lipinski definition) is 5. The summed E-state index contributed by atoms with van der Waals surface area (Å²) < 4.78 is 43.0. The van der Waals surface area contributed by atoms with Gasteiger partial charge in [0.05, 0.1) is 29.5 Å². The van der Waals surface area contributed by atoms with Crippen LogP contribution in [0.1, 0.15) is 79.8 Å². The molecule has 0 spiro atoms. The Morgan fingerprint density at radius 1 is 1.18 bits per heavy atom. The Kier molecular flexibility index (Phi) is 7.90. The summed E-state index contributed by atoms with van der Waals surface area (Å²) in [7, 11) is 0. The second-order valence-corrected chi connectivity index (χ2v) is 10.6. The van der Waals surface area contributed by atoms with Gasteiger partial charge in [-0.1, -0.05) is 25.7 Å². The van der Waals surface area contributed by atoms with Gasteiger partial charge in [0.15, 0.2) is 5.65 Å². The highest BCUT2D eigenvalue weighted by Crippen LogP contribution is 2.35. The zero-order chi connectivity index (χ0) is 27.6. The number of halogens is 3. The van der Waals surface area contributed by atoms with E-state index in [-0.39, 0.29) is 43.2 Å². The van der Waals surface area contributed by atoms with Crippen LogP contribution >= 0.6 is 0 Å². The first-order valence-corrected chi connectivity index (χ1v) is 13.7. The van der Waals surface area contributed by atoms with E-state index in [1.807, 2.05) is 6.92 Å². The number of amides is 2. The van der Waals surface area contributed by atoms with Crippen molar-refractivity contribution in [3.8, 4) is 0 Å². The maximum absolute atomic E-state index is 13.3. The summed E-state index contributed by atoms with van der Waals surface area (Å²) in [6.45, 7) is 2.12. The molecule has 1 saturated carbocycles. The molecule has 2 N–H and O–H groups in total. The number of nitrogens with zero attached hydrogens (tertiary/aromatic N) is 5. The number of carbonyl (C=O) groups excluding carboxylic acids is 2. The lowest BCUT2D eigenvalue weighted by molar-refractivity contribution is -0.183. The lowest BCUT2D eigenvalue weighted by atomic mass is 9.86. The van der Waals surface area contributed by atoms with Crippen molar-refractivity contribution < 1.29 is 22.8 Å². The van der Waals surface area contributed by atoms with Gasteiger partial charge >= 0.3 is 6.18 Å². The highest BCUT2D eigenvalue weighted by molar-refractivity contribution is 5.92. The number of fused-ring (bicyclic) bond motifs is 1. The monoisotopic (exact) mass is 545 g/mol. The van der Waals surface area contributed by atoms with Crippen molar-refractivity contribution in [1.29, 1.82) is 0 Å². The molecule has 3 unspecified atom stereocenters. The van der Waals surface area contributed by atoms with Crippen LogP contribution in [0, 0.1) is 17.8 Å². The van der Waals surface area contributed by atoms with Crippen LogP contribution in [0.5, 0.6) is 0 Å². The molecule has 2 amide bonds. The van der Waals surface area contributed by atoms with Crippen molar-refractivity contribution in [2.24, 2.45) is 17.8 Å². The minimum Gasteiger partial charge on any atom is -0.355 e. The van der Waals surface area contributed by atoms with Crippen molar-refractivity contribution >= 4 is 17.5 Å². The number of imidazole rings is 1. The molecule has 4 heterocycles. The van der Waals surface area contributed by atoms with E-state index in [0.717, 1.165) is 25.7 Å². The van der Waals surface area contributed by atoms with Crippen molar-refractivity contribution in [3.63, 3.8) is 0 Å². The predicted octanol–water partition coefficient (Wildman–Crippen LogP) is 4.24. The van der Waals surface area contributed by atoms with E-state index in [1.165, 1.54) is 12.8 Å². The minimum absolute atomic E-state index is 0.103. The van der Waals surface area contributed by atoms with Gasteiger partial charge in [0.25, 0.3) is 5.91 Å². The standard InChI is InChI=1S/C27H34F3N7O2/c1-2-36-22(11-12-32-36)26(39)34-24(17-7-5-3-4-6-8-17)21-16-37-23(33-21)10-9-20(35-37)14-18-13-19(27(28,29)30)15-31-25(18)38/h9-12,16-19,24H,2-8,13-15H2,1H3,(H,31,38)(H,34,39). The van der Waals surface area contributed by atoms with Crippen molar-refractivity contribution in [3.05, 3.63) is 47.7 Å². The SMILES string of the molecule is CCn1nccc1C(=O)NC(c1cn2nc(CC3CC(C(F)(F)F)CNC3=O)ccc2n1)C1CCCCCC1. The lowest BCUT2D eigenvalue weighted by Gasteiger charge is -2.30. The molecular weight excluding hydrogens is 511 g/mol. The molecule has 3 aromatic rings. The van der Waals surface area contributed by atoms with E-state index in [9.17, 15) is 22.8 Å². The van der Waals surface area contributed by atoms with E-state index in [4.69, 9.17) is 4.98 Å². The first kappa shape index (κ1) is 27.1. The summed E-state index contributed by atoms with van der Waals surface area (Å²) in [5, 5.41) is 14.4. The molecule has 0 radical (unpaired) electrons. The van der Waals surface area contributed by atoms with E-state index in [1.54, 1.807) is 39.8 Å². The summed E-state index contributed by atoms with van der Waals surface area (Å²) in [5.74, 6) is -2.75. The Morgan fingerprint density at radius 2 is 1.95 bits per heavy atom. The molecule has 2 fully saturated rings. The highest BCUT2D eigenvalue weighted by Gasteiger charge is 2.44. The number of hydrogen-bond donors (Lipinski definition) is 2. The lowest BCUT2D eigenvalue weighted by Crippen LogP contribution is -2.47. The maximum Gasteiger partial charge on any atom is 0.393 e. The smallest absolute Gasteiger partial charge is 0.355 e. The molecule has 3 atom stereocenters. The van der Waals surface area contributed by atoms with Gasteiger partial charge in [-0.05, 0) is 50.3 Å². The molecule has 5 rings (SSSR count). The molecule has 1 saturated heterocycles. The van der Waals surface area contributed by atoms with Crippen molar-refractivity contribution in [1.82, 2.24) is 35.0 Å². The molecule has 3 aromatic heterocycles. The normalized spacial score (nSPS) is 21.9. The Bertz CT molecular complexity index is 1310. The summed E-state index contributed by atoms with van der Waals surface area (Å²) in [6.07, 6.45) is 5.34. The number of aryl methyl sites for hydroxylation is 1. The summed E-state index contributed by atoms with van der Waals surface area (Å²) in [6, 6.07) is 4.84. The summed E-state index contributed by atoms with van der Waals surface area (Å²) >= 11 is 0. The van der Waals surface area contributed by atoms with E-state index >= 15 is 0 Å². The number of alkyl halides is 3. The van der Waals surface area contributed by atoms with Crippen molar-refractivity contribution in [2.45, 2.75) is 77.1 Å². The number of piperidine rings is 1. The van der Waals surface area contributed by atoms with Crippen LogP contribution in [0.25, 0.3) is 5.65 Å². The first-order chi connectivity index (χ1) is 18.7. The van der Waals surface area contributed by atoms with E-state index < -0.39 is 18.0 Å². The number of aromatic nitrogens is 5. The fourth-order valence-electron chi connectivity index (χ4n) is 5.85. The van der Waals surface area contributed by atoms with Gasteiger partial charge in [0.2, 0.25) is 5.91 Å². The molecule has 1 aliphatic carbocycles. The average molecular weight is 546 g/mol. The Morgan fingerprint density at radius 3 is 2.67 bits per heavy atom. The van der Waals surface area contributed by atoms with Crippen LogP contribution in [-0.4, -0.2) is 48.9 Å². The third-order valence-corrected chi connectivity index (χ3v) is 8.00. The Balaban J connectivity index is 1.39. The van der Waals surface area contributed by atoms with Gasteiger partial charge in [-0.3, -0.25) is 14.3 Å². The van der Waals surface area contributed by atoms with Gasteiger partial charge < -0.3 is 10.6 Å². The zero-order valence-electron chi connectivity index (χ0n) is 22.0. The molecule has 0 aromatic carbocycles. The average Bonchev–Trinajstić information content (AvgIpc) is 3.47. The van der Waals surface area contributed by atoms with Crippen LogP contribution in [0.4, 0.5) is 13.2 Å².